The number of carbonyl (C=O) groups is 1. The monoisotopic (exact) mass is 496 g/mol. The van der Waals surface area contributed by atoms with E-state index in [9.17, 15) is 19.8 Å². The normalized spacial score (nSPS) is 11.8. The number of halogens is 1. The molecule has 4 aromatic rings. The molecule has 0 saturated heterocycles. The first kappa shape index (κ1) is 24.0. The lowest BCUT2D eigenvalue weighted by atomic mass is 10.0. The molecule has 8 N–H and O–H groups in total. The third kappa shape index (κ3) is 4.22. The Bertz CT molecular complexity index is 1520. The zero-order chi connectivity index (χ0) is 26.1. The van der Waals surface area contributed by atoms with Gasteiger partial charge in [-0.2, -0.15) is 9.78 Å². The van der Waals surface area contributed by atoms with Gasteiger partial charge >= 0.3 is 11.7 Å². The Morgan fingerprint density at radius 3 is 2.64 bits per heavy atom. The van der Waals surface area contributed by atoms with Crippen LogP contribution in [0, 0.1) is 18.2 Å². The summed E-state index contributed by atoms with van der Waals surface area (Å²) >= 11 is 0. The zero-order valence-corrected chi connectivity index (χ0v) is 19.0. The summed E-state index contributed by atoms with van der Waals surface area (Å²) in [6.07, 6.45) is 1.02. The van der Waals surface area contributed by atoms with Gasteiger partial charge in [0.15, 0.2) is 23.2 Å². The molecule has 0 bridgehead atoms. The molecule has 186 valence electrons. The highest BCUT2D eigenvalue weighted by Gasteiger charge is 2.28. The number of aromatic nitrogens is 5. The van der Waals surface area contributed by atoms with Gasteiger partial charge in [0.2, 0.25) is 0 Å². The topological polar surface area (TPSA) is 208 Å². The van der Waals surface area contributed by atoms with Gasteiger partial charge in [0.1, 0.15) is 23.2 Å². The highest BCUT2D eigenvalue weighted by atomic mass is 19.1. The van der Waals surface area contributed by atoms with Crippen molar-refractivity contribution in [3.63, 3.8) is 0 Å². The molecule has 0 aliphatic carbocycles. The number of hydrogen-bond acceptors (Lipinski definition) is 8. The number of phenolic OH excluding ortho intramolecular Hbond substituents is 1. The second-order valence-corrected chi connectivity index (χ2v) is 7.69. The summed E-state index contributed by atoms with van der Waals surface area (Å²) in [5.41, 5.74) is 5.32. The van der Waals surface area contributed by atoms with Crippen molar-refractivity contribution in [2.45, 2.75) is 13.0 Å². The van der Waals surface area contributed by atoms with Gasteiger partial charge in [-0.15, -0.1) is 5.10 Å². The number of aromatic amines is 2. The van der Waals surface area contributed by atoms with E-state index >= 15 is 4.39 Å². The maximum absolute atomic E-state index is 15.3. The molecule has 36 heavy (non-hydrogen) atoms. The van der Waals surface area contributed by atoms with Gasteiger partial charge in [0, 0.05) is 22.4 Å². The number of aromatic carboxylic acids is 1. The lowest BCUT2D eigenvalue weighted by molar-refractivity contribution is 0.0696. The summed E-state index contributed by atoms with van der Waals surface area (Å²) in [4.78, 5) is 26.7. The average Bonchev–Trinajstić information content (AvgIpc) is 3.48. The molecule has 4 rings (SSSR count). The van der Waals surface area contributed by atoms with Crippen LogP contribution in [0.4, 0.5) is 10.1 Å². The number of nitrogens with one attached hydrogen (secondary N) is 4. The number of H-pyrrole nitrogens is 2. The van der Waals surface area contributed by atoms with Crippen LogP contribution >= 0.6 is 0 Å². The Morgan fingerprint density at radius 2 is 2.03 bits per heavy atom. The predicted molar refractivity (Wildman–Crippen MR) is 126 cm³/mol. The Kier molecular flexibility index (Phi) is 6.16. The van der Waals surface area contributed by atoms with Gasteiger partial charge in [0.25, 0.3) is 0 Å². The van der Waals surface area contributed by atoms with Crippen molar-refractivity contribution in [1.82, 2.24) is 25.0 Å². The second-order valence-electron chi connectivity index (χ2n) is 7.69. The van der Waals surface area contributed by atoms with E-state index in [1.165, 1.54) is 20.1 Å². The number of benzene rings is 2. The summed E-state index contributed by atoms with van der Waals surface area (Å²) in [6.45, 7) is 1.48. The predicted octanol–water partition coefficient (Wildman–Crippen LogP) is 1.63. The Balaban J connectivity index is 1.87. The molecule has 1 unspecified atom stereocenters. The minimum atomic E-state index is -1.34. The first-order chi connectivity index (χ1) is 17.1. The second kappa shape index (κ2) is 9.25. The van der Waals surface area contributed by atoms with Crippen molar-refractivity contribution >= 4 is 17.5 Å². The fourth-order valence-corrected chi connectivity index (χ4v) is 3.58. The van der Waals surface area contributed by atoms with E-state index < -0.39 is 29.3 Å². The Hall–Kier alpha value is -5.14. The summed E-state index contributed by atoms with van der Waals surface area (Å²) < 4.78 is 21.3. The fourth-order valence-electron chi connectivity index (χ4n) is 3.58. The lowest BCUT2D eigenvalue weighted by Gasteiger charge is -2.21. The van der Waals surface area contributed by atoms with Crippen molar-refractivity contribution in [1.29, 1.82) is 5.41 Å². The van der Waals surface area contributed by atoms with Gasteiger partial charge in [-0.1, -0.05) is 0 Å². The molecule has 0 aliphatic heterocycles. The molecule has 0 saturated carbocycles. The molecule has 2 aromatic heterocycles. The molecule has 13 nitrogen and oxygen atoms in total. The van der Waals surface area contributed by atoms with Gasteiger partial charge < -0.3 is 26.0 Å². The SMILES string of the molecule is COc1cc(C(Nc2ccc(C(=N)N)cc2)c2nn(-c3[nH]ncc3C(=O)O)c(=O)[nH]2)c(F)c(O)c1C. The van der Waals surface area contributed by atoms with Crippen LogP contribution in [-0.4, -0.2) is 54.1 Å². The molecule has 0 spiro atoms. The number of amidine groups is 1. The highest BCUT2D eigenvalue weighted by molar-refractivity contribution is 5.95. The molecule has 0 radical (unpaired) electrons. The third-order valence-corrected chi connectivity index (χ3v) is 5.48. The summed E-state index contributed by atoms with van der Waals surface area (Å²) in [5.74, 6) is -3.23. The summed E-state index contributed by atoms with van der Waals surface area (Å²) in [6, 6.07) is 6.46. The molecule has 0 fully saturated rings. The minimum Gasteiger partial charge on any atom is -0.505 e. The van der Waals surface area contributed by atoms with Crippen LogP contribution in [0.3, 0.4) is 0 Å². The molecular formula is C22H21FN8O5. The van der Waals surface area contributed by atoms with Crippen molar-refractivity contribution in [3.05, 3.63) is 80.9 Å². The van der Waals surface area contributed by atoms with E-state index in [0.29, 0.717) is 11.3 Å². The number of carboxylic acid groups (broad SMARTS) is 1. The Labute approximate surface area is 201 Å². The largest absolute Gasteiger partial charge is 0.505 e. The number of anilines is 1. The average molecular weight is 496 g/mol. The van der Waals surface area contributed by atoms with Crippen LogP contribution < -0.4 is 21.5 Å². The zero-order valence-electron chi connectivity index (χ0n) is 19.0. The number of carboxylic acids is 1. The number of aromatic hydroxyl groups is 1. The maximum atomic E-state index is 15.3. The van der Waals surface area contributed by atoms with E-state index in [1.807, 2.05) is 0 Å². The molecule has 0 amide bonds. The number of phenols is 1. The van der Waals surface area contributed by atoms with E-state index in [2.05, 4.69) is 25.6 Å². The molecule has 2 heterocycles. The summed E-state index contributed by atoms with van der Waals surface area (Å²) in [7, 11) is 1.36. The number of nitrogens with two attached hydrogens (primary N) is 1. The fraction of sp³-hybridized carbons (Fsp3) is 0.136. The first-order valence-corrected chi connectivity index (χ1v) is 10.4. The highest BCUT2D eigenvalue weighted by Crippen LogP contribution is 2.37. The van der Waals surface area contributed by atoms with Crippen LogP contribution in [0.25, 0.3) is 5.82 Å². The van der Waals surface area contributed by atoms with Crippen LogP contribution in [0.15, 0.2) is 41.3 Å². The molecular weight excluding hydrogens is 475 g/mol. The minimum absolute atomic E-state index is 0.106. The number of nitrogen functional groups attached to an aromatic ring is 1. The quantitative estimate of drug-likeness (QED) is 0.139. The molecule has 0 aliphatic rings. The van der Waals surface area contributed by atoms with Crippen molar-refractivity contribution < 1.29 is 24.1 Å². The van der Waals surface area contributed by atoms with Crippen molar-refractivity contribution in [2.75, 3.05) is 12.4 Å². The third-order valence-electron chi connectivity index (χ3n) is 5.48. The van der Waals surface area contributed by atoms with Crippen LogP contribution in [0.2, 0.25) is 0 Å². The number of hydrogen-bond donors (Lipinski definition) is 7. The van der Waals surface area contributed by atoms with E-state index in [1.54, 1.807) is 24.3 Å². The summed E-state index contributed by atoms with van der Waals surface area (Å²) in [5, 5.41) is 40.5. The first-order valence-electron chi connectivity index (χ1n) is 10.4. The van der Waals surface area contributed by atoms with Crippen LogP contribution in [0.5, 0.6) is 11.5 Å². The number of ether oxygens (including phenoxy) is 1. The molecule has 1 atom stereocenters. The van der Waals surface area contributed by atoms with Gasteiger partial charge in [-0.05, 0) is 37.3 Å². The van der Waals surface area contributed by atoms with E-state index in [0.717, 1.165) is 10.9 Å². The lowest BCUT2D eigenvalue weighted by Crippen LogP contribution is -2.18. The number of nitrogens with zero attached hydrogens (tertiary/aromatic N) is 3. The smallest absolute Gasteiger partial charge is 0.349 e. The van der Waals surface area contributed by atoms with Crippen LogP contribution in [-0.2, 0) is 0 Å². The number of methoxy groups -OCH3 is 1. The van der Waals surface area contributed by atoms with Gasteiger partial charge in [0.05, 0.1) is 13.3 Å². The van der Waals surface area contributed by atoms with Crippen molar-refractivity contribution in [3.8, 4) is 17.3 Å². The molecule has 14 heteroatoms. The maximum Gasteiger partial charge on any atom is 0.349 e. The van der Waals surface area contributed by atoms with Crippen LogP contribution in [0.1, 0.15) is 38.9 Å². The number of rotatable bonds is 8. The van der Waals surface area contributed by atoms with E-state index in [4.69, 9.17) is 15.9 Å². The van der Waals surface area contributed by atoms with Gasteiger partial charge in [-0.3, -0.25) is 15.5 Å². The van der Waals surface area contributed by atoms with Crippen molar-refractivity contribution in [2.24, 2.45) is 5.73 Å². The standard InChI is InChI=1S/C22H21FN8O5/c1-9-14(36-2)7-12(15(23)17(9)32)16(27-11-5-3-10(4-6-11)18(24)25)19-28-22(35)31(30-19)20-13(21(33)34)8-26-29-20/h3-8,16,27,32H,1-2H3,(H3,24,25)(H,26,29)(H,33,34)(H,28,30,35). The van der Waals surface area contributed by atoms with Gasteiger partial charge in [-0.25, -0.2) is 14.0 Å². The molecule has 2 aromatic carbocycles. The Morgan fingerprint density at radius 1 is 1.33 bits per heavy atom. The van der Waals surface area contributed by atoms with E-state index in [-0.39, 0.29) is 39.9 Å².